The molecule has 8 heteroatoms. The zero-order valence-electron chi connectivity index (χ0n) is 18.9. The fourth-order valence-electron chi connectivity index (χ4n) is 4.42. The number of fused-ring (bicyclic) bond motifs is 1. The van der Waals surface area contributed by atoms with Crippen LogP contribution in [0.25, 0.3) is 11.0 Å². The maximum absolute atomic E-state index is 13.3. The van der Waals surface area contributed by atoms with Gasteiger partial charge in [0, 0.05) is 49.0 Å². The fourth-order valence-corrected chi connectivity index (χ4v) is 4.42. The lowest BCUT2D eigenvalue weighted by atomic mass is 10.2. The molecule has 0 saturated heterocycles. The highest BCUT2D eigenvalue weighted by Gasteiger charge is 2.27. The Kier molecular flexibility index (Phi) is 6.39. The number of hydrogen-bond donors (Lipinski definition) is 2. The summed E-state index contributed by atoms with van der Waals surface area (Å²) in [6, 6.07) is 9.35. The molecule has 0 radical (unpaired) electrons. The summed E-state index contributed by atoms with van der Waals surface area (Å²) in [5.74, 6) is 0.373. The number of aromatic nitrogens is 3. The zero-order chi connectivity index (χ0) is 22.7. The largest absolute Gasteiger partial charge is 0.355 e. The van der Waals surface area contributed by atoms with Crippen molar-refractivity contribution in [3.63, 3.8) is 0 Å². The predicted molar refractivity (Wildman–Crippen MR) is 125 cm³/mol. The van der Waals surface area contributed by atoms with E-state index >= 15 is 0 Å². The summed E-state index contributed by atoms with van der Waals surface area (Å²) in [6.45, 7) is 5.35. The van der Waals surface area contributed by atoms with Crippen LogP contribution >= 0.6 is 0 Å². The molecule has 2 heterocycles. The van der Waals surface area contributed by atoms with Gasteiger partial charge in [0.05, 0.1) is 0 Å². The third-order valence-electron chi connectivity index (χ3n) is 6.17. The lowest BCUT2D eigenvalue weighted by molar-refractivity contribution is 0.0760. The summed E-state index contributed by atoms with van der Waals surface area (Å²) in [5.41, 5.74) is 2.85. The third-order valence-corrected chi connectivity index (χ3v) is 6.17. The first-order valence-corrected chi connectivity index (χ1v) is 11.3. The van der Waals surface area contributed by atoms with Crippen molar-refractivity contribution in [2.45, 2.75) is 45.6 Å². The molecule has 2 aromatic heterocycles. The SMILES string of the molecule is CCN(CC)C(=O)c1cc2cnc(Nc3ccc(C(=O)NC)cc3)nc2n1C1CCCC1. The van der Waals surface area contributed by atoms with Gasteiger partial charge in [0.2, 0.25) is 5.95 Å². The second-order valence-corrected chi connectivity index (χ2v) is 8.07. The van der Waals surface area contributed by atoms with Crippen molar-refractivity contribution < 1.29 is 9.59 Å². The number of benzene rings is 1. The van der Waals surface area contributed by atoms with Crippen LogP contribution in [-0.2, 0) is 0 Å². The molecule has 0 spiro atoms. The first-order chi connectivity index (χ1) is 15.5. The van der Waals surface area contributed by atoms with Crippen LogP contribution in [0.1, 0.15) is 66.4 Å². The average molecular weight is 435 g/mol. The summed E-state index contributed by atoms with van der Waals surface area (Å²) in [5, 5.41) is 6.70. The highest BCUT2D eigenvalue weighted by molar-refractivity contribution is 5.98. The van der Waals surface area contributed by atoms with Crippen molar-refractivity contribution in [2.24, 2.45) is 0 Å². The van der Waals surface area contributed by atoms with E-state index in [-0.39, 0.29) is 17.9 Å². The molecule has 4 rings (SSSR count). The molecule has 3 aromatic rings. The number of carbonyl (C=O) groups excluding carboxylic acids is 2. The van der Waals surface area contributed by atoms with Gasteiger partial charge in [-0.25, -0.2) is 4.98 Å². The normalized spacial score (nSPS) is 14.0. The molecule has 1 fully saturated rings. The van der Waals surface area contributed by atoms with E-state index in [1.54, 1.807) is 25.4 Å². The molecule has 8 nitrogen and oxygen atoms in total. The summed E-state index contributed by atoms with van der Waals surface area (Å²) < 4.78 is 2.13. The van der Waals surface area contributed by atoms with Crippen LogP contribution in [0.15, 0.2) is 36.5 Å². The summed E-state index contributed by atoms with van der Waals surface area (Å²) in [6.07, 6.45) is 6.20. The Hall–Kier alpha value is -3.42. The van der Waals surface area contributed by atoms with Crippen molar-refractivity contribution in [3.05, 3.63) is 47.8 Å². The van der Waals surface area contributed by atoms with E-state index in [0.717, 1.165) is 42.4 Å². The summed E-state index contributed by atoms with van der Waals surface area (Å²) >= 11 is 0. The van der Waals surface area contributed by atoms with E-state index in [0.29, 0.717) is 30.3 Å². The van der Waals surface area contributed by atoms with Gasteiger partial charge in [0.15, 0.2) is 0 Å². The molecule has 1 aliphatic rings. The molecule has 0 atom stereocenters. The molecule has 2 amide bonds. The summed E-state index contributed by atoms with van der Waals surface area (Å²) in [7, 11) is 1.61. The number of nitrogens with zero attached hydrogens (tertiary/aromatic N) is 4. The molecule has 2 N–H and O–H groups in total. The summed E-state index contributed by atoms with van der Waals surface area (Å²) in [4.78, 5) is 36.1. The Bertz CT molecular complexity index is 1110. The molecule has 32 heavy (non-hydrogen) atoms. The smallest absolute Gasteiger partial charge is 0.270 e. The molecule has 1 aromatic carbocycles. The molecule has 1 aliphatic carbocycles. The number of anilines is 2. The van der Waals surface area contributed by atoms with E-state index in [9.17, 15) is 9.59 Å². The van der Waals surface area contributed by atoms with Gasteiger partial charge in [-0.05, 0) is 57.0 Å². The lowest BCUT2D eigenvalue weighted by Crippen LogP contribution is -2.32. The average Bonchev–Trinajstić information content (AvgIpc) is 3.47. The quantitative estimate of drug-likeness (QED) is 0.583. The molecular weight excluding hydrogens is 404 g/mol. The van der Waals surface area contributed by atoms with E-state index in [4.69, 9.17) is 4.98 Å². The highest BCUT2D eigenvalue weighted by Crippen LogP contribution is 2.35. The Morgan fingerprint density at radius 3 is 2.44 bits per heavy atom. The Labute approximate surface area is 188 Å². The molecule has 0 bridgehead atoms. The van der Waals surface area contributed by atoms with Gasteiger partial charge in [-0.3, -0.25) is 9.59 Å². The van der Waals surface area contributed by atoms with E-state index < -0.39 is 0 Å². The van der Waals surface area contributed by atoms with Crippen LogP contribution in [0.5, 0.6) is 0 Å². The first kappa shape index (κ1) is 21.8. The van der Waals surface area contributed by atoms with Crippen LogP contribution in [-0.4, -0.2) is 51.4 Å². The maximum Gasteiger partial charge on any atom is 0.270 e. The van der Waals surface area contributed by atoms with E-state index in [1.165, 1.54) is 0 Å². The topological polar surface area (TPSA) is 92.2 Å². The first-order valence-electron chi connectivity index (χ1n) is 11.3. The standard InChI is InChI=1S/C24H30N6O2/c1-4-29(5-2)23(32)20-14-17-15-26-24(28-21(17)30(20)19-8-6-7-9-19)27-18-12-10-16(11-13-18)22(31)25-3/h10-15,19H,4-9H2,1-3H3,(H,25,31)(H,26,27,28). The molecule has 168 valence electrons. The number of nitrogens with one attached hydrogen (secondary N) is 2. The number of rotatable bonds is 7. The van der Waals surface area contributed by atoms with Crippen LogP contribution in [0.4, 0.5) is 11.6 Å². The van der Waals surface area contributed by atoms with Crippen LogP contribution in [0.3, 0.4) is 0 Å². The van der Waals surface area contributed by atoms with Gasteiger partial charge in [-0.1, -0.05) is 12.8 Å². The predicted octanol–water partition coefficient (Wildman–Crippen LogP) is 4.13. The lowest BCUT2D eigenvalue weighted by Gasteiger charge is -2.22. The molecule has 1 saturated carbocycles. The number of amides is 2. The van der Waals surface area contributed by atoms with Gasteiger partial charge in [0.1, 0.15) is 11.3 Å². The van der Waals surface area contributed by atoms with Gasteiger partial charge >= 0.3 is 0 Å². The van der Waals surface area contributed by atoms with Gasteiger partial charge in [0.25, 0.3) is 11.8 Å². The minimum Gasteiger partial charge on any atom is -0.355 e. The monoisotopic (exact) mass is 434 g/mol. The zero-order valence-corrected chi connectivity index (χ0v) is 18.9. The van der Waals surface area contributed by atoms with Crippen LogP contribution in [0.2, 0.25) is 0 Å². The Balaban J connectivity index is 1.70. The van der Waals surface area contributed by atoms with Crippen molar-refractivity contribution in [2.75, 3.05) is 25.5 Å². The molecule has 0 aliphatic heterocycles. The van der Waals surface area contributed by atoms with E-state index in [1.807, 2.05) is 36.9 Å². The number of hydrogen-bond acceptors (Lipinski definition) is 5. The Morgan fingerprint density at radius 2 is 1.81 bits per heavy atom. The fraction of sp³-hybridized carbons (Fsp3) is 0.417. The van der Waals surface area contributed by atoms with Crippen LogP contribution < -0.4 is 10.6 Å². The van der Waals surface area contributed by atoms with E-state index in [2.05, 4.69) is 20.2 Å². The second kappa shape index (κ2) is 9.38. The van der Waals surface area contributed by atoms with Gasteiger partial charge in [-0.2, -0.15) is 4.98 Å². The van der Waals surface area contributed by atoms with Crippen molar-refractivity contribution in [1.29, 1.82) is 0 Å². The number of carbonyl (C=O) groups is 2. The molecular formula is C24H30N6O2. The van der Waals surface area contributed by atoms with Crippen molar-refractivity contribution in [3.8, 4) is 0 Å². The Morgan fingerprint density at radius 1 is 1.12 bits per heavy atom. The van der Waals surface area contributed by atoms with Gasteiger partial charge in [-0.15, -0.1) is 0 Å². The van der Waals surface area contributed by atoms with Crippen molar-refractivity contribution in [1.82, 2.24) is 24.8 Å². The van der Waals surface area contributed by atoms with Crippen molar-refractivity contribution >= 4 is 34.5 Å². The van der Waals surface area contributed by atoms with Crippen LogP contribution in [0, 0.1) is 0 Å². The van der Waals surface area contributed by atoms with Gasteiger partial charge < -0.3 is 20.1 Å². The minimum atomic E-state index is -0.131. The maximum atomic E-state index is 13.3. The molecule has 0 unspecified atom stereocenters. The third kappa shape index (κ3) is 4.17. The minimum absolute atomic E-state index is 0.0409. The highest BCUT2D eigenvalue weighted by atomic mass is 16.2. The second-order valence-electron chi connectivity index (χ2n) is 8.07.